The van der Waals surface area contributed by atoms with Gasteiger partial charge in [0.1, 0.15) is 6.61 Å². The van der Waals surface area contributed by atoms with E-state index in [2.05, 4.69) is 47.5 Å². The highest BCUT2D eigenvalue weighted by Gasteiger charge is 2.27. The van der Waals surface area contributed by atoms with Gasteiger partial charge in [0.05, 0.1) is 6.54 Å². The quantitative estimate of drug-likeness (QED) is 0.618. The van der Waals surface area contributed by atoms with Crippen molar-refractivity contribution in [2.24, 2.45) is 4.99 Å². The van der Waals surface area contributed by atoms with Crippen molar-refractivity contribution in [2.75, 3.05) is 13.2 Å². The van der Waals surface area contributed by atoms with Crippen LogP contribution in [0.15, 0.2) is 47.5 Å². The Balaban J connectivity index is 1.93. The number of aliphatic imine (C=N–C) groups is 1. The highest BCUT2D eigenvalue weighted by Crippen LogP contribution is 2.48. The average Bonchev–Trinajstić information content (AvgIpc) is 2.89. The maximum absolute atomic E-state index is 5.57. The second-order valence-corrected chi connectivity index (χ2v) is 4.31. The maximum atomic E-state index is 5.57. The molecule has 1 heterocycles. The molecule has 82 valence electrons. The second-order valence-electron chi connectivity index (χ2n) is 4.31. The second kappa shape index (κ2) is 3.20. The van der Waals surface area contributed by atoms with E-state index < -0.39 is 0 Å². The normalized spacial score (nSPS) is 15.4. The first-order chi connectivity index (χ1) is 8.45. The first-order valence-corrected chi connectivity index (χ1v) is 5.85. The number of hydrogen-bond donors (Lipinski definition) is 0. The molecule has 0 aromatic heterocycles. The van der Waals surface area contributed by atoms with Crippen molar-refractivity contribution in [3.63, 3.8) is 0 Å². The molecule has 0 saturated carbocycles. The van der Waals surface area contributed by atoms with E-state index >= 15 is 0 Å². The van der Waals surface area contributed by atoms with Gasteiger partial charge in [-0.2, -0.15) is 0 Å². The summed E-state index contributed by atoms with van der Waals surface area (Å²) >= 11 is 0. The molecule has 2 aromatic carbocycles. The molecule has 4 rings (SSSR count). The van der Waals surface area contributed by atoms with Gasteiger partial charge in [0.25, 0.3) is 0 Å². The number of fused-ring (bicyclic) bond motifs is 4. The van der Waals surface area contributed by atoms with Crippen molar-refractivity contribution >= 4 is 5.90 Å². The molecule has 0 fully saturated rings. The Labute approximate surface area is 99.6 Å². The molecule has 1 aliphatic heterocycles. The molecule has 2 heteroatoms. The van der Waals surface area contributed by atoms with E-state index in [9.17, 15) is 0 Å². The highest BCUT2D eigenvalue weighted by atomic mass is 16.5. The van der Waals surface area contributed by atoms with E-state index in [4.69, 9.17) is 4.74 Å². The number of nitrogens with zero attached hydrogens (tertiary/aromatic N) is 1. The van der Waals surface area contributed by atoms with Crippen molar-refractivity contribution in [1.29, 1.82) is 0 Å². The summed E-state index contributed by atoms with van der Waals surface area (Å²) in [6.07, 6.45) is 0. The molecule has 0 amide bonds. The molecule has 2 nitrogen and oxygen atoms in total. The first kappa shape index (κ1) is 8.99. The Morgan fingerprint density at radius 3 is 2.41 bits per heavy atom. The van der Waals surface area contributed by atoms with Crippen LogP contribution in [-0.2, 0) is 4.74 Å². The Kier molecular flexibility index (Phi) is 1.69. The predicted molar refractivity (Wildman–Crippen MR) is 68.2 cm³/mol. The summed E-state index contributed by atoms with van der Waals surface area (Å²) in [7, 11) is 0. The third-order valence-corrected chi connectivity index (χ3v) is 3.37. The number of hydrogen-bond acceptors (Lipinski definition) is 2. The third kappa shape index (κ3) is 1.12. The fourth-order valence-electron chi connectivity index (χ4n) is 2.62. The van der Waals surface area contributed by atoms with Crippen LogP contribution in [0.2, 0.25) is 0 Å². The summed E-state index contributed by atoms with van der Waals surface area (Å²) in [5.41, 5.74) is 6.40. The molecule has 0 radical (unpaired) electrons. The largest absolute Gasteiger partial charge is 0.475 e. The number of benzene rings is 2. The molecule has 17 heavy (non-hydrogen) atoms. The van der Waals surface area contributed by atoms with Crippen LogP contribution in [0.5, 0.6) is 0 Å². The van der Waals surface area contributed by atoms with Crippen LogP contribution in [0, 0.1) is 0 Å². The van der Waals surface area contributed by atoms with Crippen LogP contribution in [-0.4, -0.2) is 19.0 Å². The van der Waals surface area contributed by atoms with E-state index in [0.29, 0.717) is 6.61 Å². The summed E-state index contributed by atoms with van der Waals surface area (Å²) in [5.74, 6) is 0.802. The molecule has 0 saturated heterocycles. The summed E-state index contributed by atoms with van der Waals surface area (Å²) < 4.78 is 5.57. The maximum Gasteiger partial charge on any atom is 0.216 e. The Hall–Kier alpha value is -2.09. The lowest BCUT2D eigenvalue weighted by molar-refractivity contribution is 0.348. The minimum atomic E-state index is 0.709. The lowest BCUT2D eigenvalue weighted by atomic mass is 9.78. The molecule has 0 unspecified atom stereocenters. The van der Waals surface area contributed by atoms with Crippen LogP contribution < -0.4 is 0 Å². The van der Waals surface area contributed by atoms with Crippen LogP contribution in [0.4, 0.5) is 0 Å². The smallest absolute Gasteiger partial charge is 0.216 e. The predicted octanol–water partition coefficient (Wildman–Crippen LogP) is 3.11. The number of ether oxygens (including phenoxy) is 1. The molecular weight excluding hydrogens is 210 g/mol. The van der Waals surface area contributed by atoms with Crippen LogP contribution in [0.3, 0.4) is 0 Å². The molecule has 2 aromatic rings. The van der Waals surface area contributed by atoms with Crippen LogP contribution in [0.1, 0.15) is 5.56 Å². The zero-order valence-electron chi connectivity index (χ0n) is 9.31. The molecule has 0 atom stereocenters. The van der Waals surface area contributed by atoms with Gasteiger partial charge in [-0.15, -0.1) is 0 Å². The van der Waals surface area contributed by atoms with Crippen molar-refractivity contribution in [3.05, 3.63) is 48.0 Å². The minimum Gasteiger partial charge on any atom is -0.475 e. The molecular formula is C15H11NO. The zero-order chi connectivity index (χ0) is 11.2. The fraction of sp³-hybridized carbons (Fsp3) is 0.133. The molecule has 2 aliphatic rings. The van der Waals surface area contributed by atoms with Gasteiger partial charge in [0.2, 0.25) is 5.90 Å². The number of rotatable bonds is 1. The van der Waals surface area contributed by atoms with E-state index in [0.717, 1.165) is 18.0 Å². The fourth-order valence-corrected chi connectivity index (χ4v) is 2.62. The van der Waals surface area contributed by atoms with Gasteiger partial charge in [0, 0.05) is 11.1 Å². The van der Waals surface area contributed by atoms with Crippen LogP contribution >= 0.6 is 0 Å². The van der Waals surface area contributed by atoms with Crippen molar-refractivity contribution < 1.29 is 4.74 Å². The monoisotopic (exact) mass is 221 g/mol. The Morgan fingerprint density at radius 1 is 0.824 bits per heavy atom. The van der Waals surface area contributed by atoms with Gasteiger partial charge in [0.15, 0.2) is 0 Å². The third-order valence-electron chi connectivity index (χ3n) is 3.37. The SMILES string of the molecule is c1ccc2c(c1)-c1cccc(C3=NCCO3)c1-2. The van der Waals surface area contributed by atoms with Gasteiger partial charge in [-0.25, -0.2) is 4.99 Å². The van der Waals surface area contributed by atoms with E-state index in [1.807, 2.05) is 0 Å². The van der Waals surface area contributed by atoms with Crippen molar-refractivity contribution in [3.8, 4) is 22.3 Å². The molecule has 0 N–H and O–H groups in total. The topological polar surface area (TPSA) is 21.6 Å². The van der Waals surface area contributed by atoms with E-state index in [1.165, 1.54) is 22.3 Å². The van der Waals surface area contributed by atoms with Gasteiger partial charge < -0.3 is 4.74 Å². The van der Waals surface area contributed by atoms with Gasteiger partial charge in [-0.3, -0.25) is 0 Å². The standard InChI is InChI=1S/C15H11NO/c1-2-5-11-10(4-1)12-6-3-7-13(14(11)12)15-16-8-9-17-15/h1-7H,8-9H2. The lowest BCUT2D eigenvalue weighted by Crippen LogP contribution is -2.09. The molecule has 0 bridgehead atoms. The lowest BCUT2D eigenvalue weighted by Gasteiger charge is -2.26. The molecule has 0 spiro atoms. The van der Waals surface area contributed by atoms with Crippen LogP contribution in [0.25, 0.3) is 22.3 Å². The van der Waals surface area contributed by atoms with Gasteiger partial charge >= 0.3 is 0 Å². The molecule has 1 aliphatic carbocycles. The van der Waals surface area contributed by atoms with Crippen molar-refractivity contribution in [1.82, 2.24) is 0 Å². The van der Waals surface area contributed by atoms with Crippen molar-refractivity contribution in [2.45, 2.75) is 0 Å². The summed E-state index contributed by atoms with van der Waals surface area (Å²) in [6.45, 7) is 1.49. The summed E-state index contributed by atoms with van der Waals surface area (Å²) in [5, 5.41) is 0. The van der Waals surface area contributed by atoms with Gasteiger partial charge in [-0.1, -0.05) is 36.4 Å². The van der Waals surface area contributed by atoms with E-state index in [-0.39, 0.29) is 0 Å². The zero-order valence-corrected chi connectivity index (χ0v) is 9.31. The van der Waals surface area contributed by atoms with Gasteiger partial charge in [-0.05, 0) is 22.8 Å². The van der Waals surface area contributed by atoms with E-state index in [1.54, 1.807) is 0 Å². The Bertz CT molecular complexity index is 643. The summed E-state index contributed by atoms with van der Waals surface area (Å²) in [4.78, 5) is 4.41. The highest BCUT2D eigenvalue weighted by molar-refractivity contribution is 6.13. The minimum absolute atomic E-state index is 0.709. The summed E-state index contributed by atoms with van der Waals surface area (Å²) in [6, 6.07) is 14.8. The Morgan fingerprint density at radius 2 is 1.59 bits per heavy atom. The average molecular weight is 221 g/mol. The first-order valence-electron chi connectivity index (χ1n) is 5.85.